The van der Waals surface area contributed by atoms with E-state index in [0.717, 1.165) is 10.6 Å². The second-order valence-electron chi connectivity index (χ2n) is 5.69. The molecule has 3 rings (SSSR count). The first kappa shape index (κ1) is 15.9. The van der Waals surface area contributed by atoms with Crippen LogP contribution in [0, 0.1) is 5.92 Å². The molecule has 1 aliphatic heterocycles. The van der Waals surface area contributed by atoms with Gasteiger partial charge in [0.15, 0.2) is 0 Å². The van der Waals surface area contributed by atoms with Gasteiger partial charge >= 0.3 is 5.97 Å². The largest absolute Gasteiger partial charge is 0.463 e. The predicted molar refractivity (Wildman–Crippen MR) is 91.5 cm³/mol. The molecule has 0 fully saturated rings. The lowest BCUT2D eigenvalue weighted by molar-refractivity contribution is -0.138. The molecule has 5 heteroatoms. The second-order valence-corrected chi connectivity index (χ2v) is 7.06. The molecular weight excluding hydrogens is 310 g/mol. The summed E-state index contributed by atoms with van der Waals surface area (Å²) in [4.78, 5) is 27.9. The average molecular weight is 329 g/mol. The summed E-state index contributed by atoms with van der Waals surface area (Å²) in [5.74, 6) is -0.527. The number of nitrogens with zero attached hydrogens (tertiary/aromatic N) is 1. The molecule has 2 atom stereocenters. The van der Waals surface area contributed by atoms with Crippen LogP contribution in [0.5, 0.6) is 0 Å². The zero-order chi connectivity index (χ0) is 16.6. The molecule has 0 aromatic heterocycles. The second kappa shape index (κ2) is 5.89. The summed E-state index contributed by atoms with van der Waals surface area (Å²) in [5.41, 5.74) is 1.44. The molecule has 0 saturated carbocycles. The number of thioether (sulfide) groups is 1. The summed E-state index contributed by atoms with van der Waals surface area (Å²) in [6, 6.07) is 7.81. The molecule has 2 unspecified atom stereocenters. The number of benzene rings is 1. The number of anilines is 1. The van der Waals surface area contributed by atoms with Gasteiger partial charge in [-0.15, -0.1) is 18.3 Å². The van der Waals surface area contributed by atoms with Crippen LogP contribution in [0.3, 0.4) is 0 Å². The number of hydrogen-bond donors (Lipinski definition) is 0. The van der Waals surface area contributed by atoms with E-state index in [-0.39, 0.29) is 17.8 Å². The maximum Gasteiger partial charge on any atom is 0.334 e. The number of amides is 1. The van der Waals surface area contributed by atoms with Gasteiger partial charge in [0.25, 0.3) is 0 Å². The molecule has 1 aliphatic carbocycles. The van der Waals surface area contributed by atoms with Crippen molar-refractivity contribution in [2.45, 2.75) is 23.0 Å². The standard InChI is InChI=1S/C18H19NO3S/c1-4-12-10-18(11-13(12)16(20)22-5-2)17(21)19(3)14-8-6-7-9-15(14)23-18/h4,6-9,11-12H,1,5,10H2,2-3H3. The van der Waals surface area contributed by atoms with Gasteiger partial charge in [0.05, 0.1) is 12.3 Å². The Labute approximate surface area is 140 Å². The molecule has 0 saturated heterocycles. The summed E-state index contributed by atoms with van der Waals surface area (Å²) >= 11 is 1.51. The van der Waals surface area contributed by atoms with Crippen molar-refractivity contribution in [2.75, 3.05) is 18.6 Å². The molecule has 1 aromatic carbocycles. The topological polar surface area (TPSA) is 46.6 Å². The number of para-hydroxylation sites is 1. The molecule has 1 heterocycles. The number of ether oxygens (including phenoxy) is 1. The first-order chi connectivity index (χ1) is 11.0. The van der Waals surface area contributed by atoms with E-state index in [2.05, 4.69) is 6.58 Å². The van der Waals surface area contributed by atoms with Crippen LogP contribution in [0.25, 0.3) is 0 Å². The van der Waals surface area contributed by atoms with Gasteiger partial charge in [-0.05, 0) is 31.6 Å². The summed E-state index contributed by atoms with van der Waals surface area (Å²) in [5, 5.41) is 0. The zero-order valence-electron chi connectivity index (χ0n) is 13.2. The van der Waals surface area contributed by atoms with Gasteiger partial charge in [0.2, 0.25) is 5.91 Å². The minimum absolute atomic E-state index is 0.00708. The van der Waals surface area contributed by atoms with Crippen molar-refractivity contribution >= 4 is 29.3 Å². The van der Waals surface area contributed by atoms with Crippen LogP contribution in [-0.4, -0.2) is 30.3 Å². The van der Waals surface area contributed by atoms with Gasteiger partial charge in [-0.3, -0.25) is 4.79 Å². The number of carbonyl (C=O) groups excluding carboxylic acids is 2. The van der Waals surface area contributed by atoms with Crippen molar-refractivity contribution in [3.05, 3.63) is 48.6 Å². The number of esters is 1. The van der Waals surface area contributed by atoms with E-state index in [4.69, 9.17) is 4.74 Å². The van der Waals surface area contributed by atoms with E-state index >= 15 is 0 Å². The van der Waals surface area contributed by atoms with Crippen LogP contribution in [0.15, 0.2) is 53.5 Å². The Morgan fingerprint density at radius 1 is 1.52 bits per heavy atom. The van der Waals surface area contributed by atoms with Gasteiger partial charge in [0.1, 0.15) is 4.75 Å². The molecule has 1 aromatic rings. The van der Waals surface area contributed by atoms with Crippen LogP contribution in [0.1, 0.15) is 13.3 Å². The zero-order valence-corrected chi connectivity index (χ0v) is 14.1. The number of carbonyl (C=O) groups is 2. The third kappa shape index (κ3) is 2.49. The first-order valence-electron chi connectivity index (χ1n) is 7.61. The van der Waals surface area contributed by atoms with E-state index in [1.165, 1.54) is 11.8 Å². The fourth-order valence-electron chi connectivity index (χ4n) is 3.16. The summed E-state index contributed by atoms with van der Waals surface area (Å²) in [6.45, 7) is 5.91. The molecular formula is C18H19NO3S. The van der Waals surface area contributed by atoms with Crippen LogP contribution in [-0.2, 0) is 14.3 Å². The van der Waals surface area contributed by atoms with E-state index in [0.29, 0.717) is 18.6 Å². The highest BCUT2D eigenvalue weighted by atomic mass is 32.2. The number of fused-ring (bicyclic) bond motifs is 1. The van der Waals surface area contributed by atoms with E-state index < -0.39 is 4.75 Å². The Morgan fingerprint density at radius 2 is 2.26 bits per heavy atom. The van der Waals surface area contributed by atoms with E-state index in [9.17, 15) is 9.59 Å². The highest BCUT2D eigenvalue weighted by Gasteiger charge is 2.51. The van der Waals surface area contributed by atoms with E-state index in [1.54, 1.807) is 31.0 Å². The van der Waals surface area contributed by atoms with Gasteiger partial charge in [0, 0.05) is 23.4 Å². The third-order valence-electron chi connectivity index (χ3n) is 4.29. The molecule has 0 bridgehead atoms. The lowest BCUT2D eigenvalue weighted by Gasteiger charge is -2.37. The first-order valence-corrected chi connectivity index (χ1v) is 8.42. The highest BCUT2D eigenvalue weighted by Crippen LogP contribution is 2.53. The molecule has 120 valence electrons. The Morgan fingerprint density at radius 3 is 2.96 bits per heavy atom. The van der Waals surface area contributed by atoms with Crippen molar-refractivity contribution in [3.8, 4) is 0 Å². The lowest BCUT2D eigenvalue weighted by atomic mass is 9.98. The Kier molecular flexibility index (Phi) is 4.06. The number of rotatable bonds is 3. The molecule has 2 aliphatic rings. The van der Waals surface area contributed by atoms with E-state index in [1.807, 2.05) is 24.3 Å². The summed E-state index contributed by atoms with van der Waals surface area (Å²) < 4.78 is 4.37. The summed E-state index contributed by atoms with van der Waals surface area (Å²) in [7, 11) is 1.78. The number of hydrogen-bond acceptors (Lipinski definition) is 4. The molecule has 1 spiro atoms. The van der Waals surface area contributed by atoms with Crippen LogP contribution < -0.4 is 4.90 Å². The number of allylic oxidation sites excluding steroid dienone is 1. The SMILES string of the molecule is C=CC1CC2(C=C1C(=O)OCC)Sc1ccccc1N(C)C2=O. The van der Waals surface area contributed by atoms with Crippen LogP contribution in [0.4, 0.5) is 5.69 Å². The van der Waals surface area contributed by atoms with Gasteiger partial charge in [-0.1, -0.05) is 18.2 Å². The van der Waals surface area contributed by atoms with Crippen molar-refractivity contribution in [1.29, 1.82) is 0 Å². The van der Waals surface area contributed by atoms with Gasteiger partial charge in [-0.25, -0.2) is 4.79 Å². The third-order valence-corrected chi connectivity index (χ3v) is 5.68. The fraction of sp³-hybridized carbons (Fsp3) is 0.333. The monoisotopic (exact) mass is 329 g/mol. The molecule has 23 heavy (non-hydrogen) atoms. The highest BCUT2D eigenvalue weighted by molar-refractivity contribution is 8.02. The normalized spacial score (nSPS) is 26.0. The van der Waals surface area contributed by atoms with Crippen LogP contribution >= 0.6 is 11.8 Å². The fourth-order valence-corrected chi connectivity index (χ4v) is 4.68. The van der Waals surface area contributed by atoms with Crippen molar-refractivity contribution in [2.24, 2.45) is 5.92 Å². The minimum Gasteiger partial charge on any atom is -0.463 e. The minimum atomic E-state index is -0.760. The molecule has 1 amide bonds. The van der Waals surface area contributed by atoms with Crippen molar-refractivity contribution < 1.29 is 14.3 Å². The summed E-state index contributed by atoms with van der Waals surface area (Å²) in [6.07, 6.45) is 4.05. The quantitative estimate of drug-likeness (QED) is 0.631. The van der Waals surface area contributed by atoms with Crippen molar-refractivity contribution in [1.82, 2.24) is 0 Å². The Hall–Kier alpha value is -2.01. The van der Waals surface area contributed by atoms with Gasteiger partial charge < -0.3 is 9.64 Å². The molecule has 0 radical (unpaired) electrons. The molecule has 0 N–H and O–H groups in total. The Bertz CT molecular complexity index is 712. The maximum atomic E-state index is 13.0. The predicted octanol–water partition coefficient (Wildman–Crippen LogP) is 3.19. The van der Waals surface area contributed by atoms with Crippen molar-refractivity contribution in [3.63, 3.8) is 0 Å². The smallest absolute Gasteiger partial charge is 0.334 e. The average Bonchev–Trinajstić information content (AvgIpc) is 2.93. The lowest BCUT2D eigenvalue weighted by Crippen LogP contribution is -2.46. The van der Waals surface area contributed by atoms with Crippen LogP contribution in [0.2, 0.25) is 0 Å². The van der Waals surface area contributed by atoms with Gasteiger partial charge in [-0.2, -0.15) is 0 Å². The Balaban J connectivity index is 2.04. The maximum absolute atomic E-state index is 13.0. The molecule has 4 nitrogen and oxygen atoms in total.